The molecule has 0 amide bonds. The molecule has 1 aromatic carbocycles. The summed E-state index contributed by atoms with van der Waals surface area (Å²) in [5.41, 5.74) is 1.41. The van der Waals surface area contributed by atoms with Crippen LogP contribution in [0, 0.1) is 0 Å². The zero-order valence-corrected chi connectivity index (χ0v) is 11.4. The van der Waals surface area contributed by atoms with Crippen LogP contribution in [0.4, 0.5) is 0 Å². The van der Waals surface area contributed by atoms with E-state index in [4.69, 9.17) is 0 Å². The summed E-state index contributed by atoms with van der Waals surface area (Å²) in [6.45, 7) is 4.53. The fourth-order valence-corrected chi connectivity index (χ4v) is 2.03. The molecule has 1 aromatic rings. The average molecular weight is 230 g/mol. The maximum absolute atomic E-state index is 2.35. The molecule has 0 aromatic heterocycles. The summed E-state index contributed by atoms with van der Waals surface area (Å²) in [4.78, 5) is 0. The van der Waals surface area contributed by atoms with Crippen molar-refractivity contribution in [3.63, 3.8) is 0 Å². The molecule has 17 heavy (non-hydrogen) atoms. The topological polar surface area (TPSA) is 0 Å². The summed E-state index contributed by atoms with van der Waals surface area (Å²) in [7, 11) is 0. The van der Waals surface area contributed by atoms with Gasteiger partial charge in [0, 0.05) is 0 Å². The second-order valence-electron chi connectivity index (χ2n) is 4.83. The lowest BCUT2D eigenvalue weighted by molar-refractivity contribution is 0.637. The number of unbranched alkanes of at least 4 members (excludes halogenated alkanes) is 5. The van der Waals surface area contributed by atoms with Crippen LogP contribution in [0.15, 0.2) is 42.5 Å². The van der Waals surface area contributed by atoms with Crippen LogP contribution in [0.2, 0.25) is 0 Å². The molecule has 0 saturated carbocycles. The van der Waals surface area contributed by atoms with E-state index in [9.17, 15) is 0 Å². The molecule has 1 rings (SSSR count). The average Bonchev–Trinajstić information content (AvgIpc) is 2.38. The highest BCUT2D eigenvalue weighted by molar-refractivity contribution is 5.22. The molecule has 0 heteroatoms. The summed E-state index contributed by atoms with van der Waals surface area (Å²) in [6, 6.07) is 10.7. The van der Waals surface area contributed by atoms with Gasteiger partial charge in [-0.1, -0.05) is 82.0 Å². The molecule has 0 nitrogen and oxygen atoms in total. The van der Waals surface area contributed by atoms with Crippen molar-refractivity contribution in [3.8, 4) is 0 Å². The monoisotopic (exact) mass is 230 g/mol. The molecular weight excluding hydrogens is 204 g/mol. The second kappa shape index (κ2) is 9.04. The van der Waals surface area contributed by atoms with E-state index < -0.39 is 0 Å². The van der Waals surface area contributed by atoms with Crippen molar-refractivity contribution in [2.24, 2.45) is 0 Å². The van der Waals surface area contributed by atoms with Crippen LogP contribution in [-0.4, -0.2) is 0 Å². The Morgan fingerprint density at radius 1 is 1.00 bits per heavy atom. The number of rotatable bonds is 8. The smallest absolute Gasteiger partial charge is 0.00104 e. The predicted octanol–water partition coefficient (Wildman–Crippen LogP) is 5.71. The number of hydrogen-bond donors (Lipinski definition) is 0. The number of hydrogen-bond acceptors (Lipinski definition) is 0. The minimum atomic E-state index is 0.548. The summed E-state index contributed by atoms with van der Waals surface area (Å²) < 4.78 is 0. The van der Waals surface area contributed by atoms with Crippen LogP contribution in [0.3, 0.4) is 0 Å². The summed E-state index contributed by atoms with van der Waals surface area (Å²) >= 11 is 0. The normalized spacial score (nSPS) is 13.1. The molecule has 0 aliphatic carbocycles. The molecule has 0 fully saturated rings. The highest BCUT2D eigenvalue weighted by Crippen LogP contribution is 2.16. The van der Waals surface area contributed by atoms with Gasteiger partial charge in [-0.3, -0.25) is 0 Å². The Labute approximate surface area is 107 Å². The molecule has 1 atom stereocenters. The van der Waals surface area contributed by atoms with Gasteiger partial charge in [-0.05, 0) is 24.3 Å². The molecule has 0 heterocycles. The first kappa shape index (κ1) is 14.0. The van der Waals surface area contributed by atoms with E-state index >= 15 is 0 Å². The zero-order valence-electron chi connectivity index (χ0n) is 11.4. The van der Waals surface area contributed by atoms with Gasteiger partial charge in [0.2, 0.25) is 0 Å². The first-order valence-corrected chi connectivity index (χ1v) is 7.06. The standard InChI is InChI=1S/C17H26/c1-3-4-5-6-7-8-10-13-16(2)17-14-11-9-12-15-17/h9-16H,3-8H2,1-2H3. The van der Waals surface area contributed by atoms with Crippen molar-refractivity contribution in [2.75, 3.05) is 0 Å². The van der Waals surface area contributed by atoms with Crippen molar-refractivity contribution < 1.29 is 0 Å². The quantitative estimate of drug-likeness (QED) is 0.396. The fourth-order valence-electron chi connectivity index (χ4n) is 2.03. The zero-order chi connectivity index (χ0) is 12.3. The van der Waals surface area contributed by atoms with E-state index in [0.717, 1.165) is 0 Å². The predicted molar refractivity (Wildman–Crippen MR) is 77.4 cm³/mol. The van der Waals surface area contributed by atoms with Crippen molar-refractivity contribution in [2.45, 2.75) is 58.3 Å². The molecule has 0 aliphatic rings. The van der Waals surface area contributed by atoms with Gasteiger partial charge in [0.05, 0.1) is 0 Å². The Bertz CT molecular complexity index is 297. The van der Waals surface area contributed by atoms with E-state index in [2.05, 4.69) is 56.3 Å². The third-order valence-corrected chi connectivity index (χ3v) is 3.22. The van der Waals surface area contributed by atoms with E-state index in [1.807, 2.05) is 0 Å². The van der Waals surface area contributed by atoms with Crippen molar-refractivity contribution in [1.29, 1.82) is 0 Å². The highest BCUT2D eigenvalue weighted by atomic mass is 14.0. The van der Waals surface area contributed by atoms with Crippen molar-refractivity contribution in [3.05, 3.63) is 48.0 Å². The van der Waals surface area contributed by atoms with Crippen LogP contribution in [0.25, 0.3) is 0 Å². The molecule has 0 radical (unpaired) electrons. The lowest BCUT2D eigenvalue weighted by atomic mass is 10.0. The van der Waals surface area contributed by atoms with Gasteiger partial charge < -0.3 is 0 Å². The van der Waals surface area contributed by atoms with Crippen LogP contribution in [-0.2, 0) is 0 Å². The van der Waals surface area contributed by atoms with Crippen LogP contribution in [0.1, 0.15) is 63.9 Å². The van der Waals surface area contributed by atoms with Gasteiger partial charge >= 0.3 is 0 Å². The van der Waals surface area contributed by atoms with E-state index in [-0.39, 0.29) is 0 Å². The Kier molecular flexibility index (Phi) is 7.46. The minimum absolute atomic E-state index is 0.548. The van der Waals surface area contributed by atoms with Gasteiger partial charge in [-0.15, -0.1) is 0 Å². The van der Waals surface area contributed by atoms with E-state index in [1.165, 1.54) is 44.1 Å². The van der Waals surface area contributed by atoms with Crippen LogP contribution >= 0.6 is 0 Å². The number of allylic oxidation sites excluding steroid dienone is 2. The van der Waals surface area contributed by atoms with Gasteiger partial charge in [-0.2, -0.15) is 0 Å². The molecule has 0 saturated heterocycles. The summed E-state index contributed by atoms with van der Waals surface area (Å²) in [5.74, 6) is 0.548. The van der Waals surface area contributed by atoms with Crippen molar-refractivity contribution >= 4 is 0 Å². The molecular formula is C17H26. The molecule has 0 N–H and O–H groups in total. The maximum Gasteiger partial charge on any atom is -0.00104 e. The Hall–Kier alpha value is -1.04. The maximum atomic E-state index is 2.35. The van der Waals surface area contributed by atoms with Crippen LogP contribution in [0.5, 0.6) is 0 Å². The molecule has 0 bridgehead atoms. The van der Waals surface area contributed by atoms with Gasteiger partial charge in [0.1, 0.15) is 0 Å². The summed E-state index contributed by atoms with van der Waals surface area (Å²) in [5, 5.41) is 0. The Balaban J connectivity index is 2.16. The first-order valence-electron chi connectivity index (χ1n) is 7.06. The lowest BCUT2D eigenvalue weighted by Gasteiger charge is -2.05. The molecule has 0 spiro atoms. The fraction of sp³-hybridized carbons (Fsp3) is 0.529. The van der Waals surface area contributed by atoms with E-state index in [0.29, 0.717) is 5.92 Å². The number of benzene rings is 1. The third-order valence-electron chi connectivity index (χ3n) is 3.22. The largest absolute Gasteiger partial charge is 0.0879 e. The van der Waals surface area contributed by atoms with Gasteiger partial charge in [-0.25, -0.2) is 0 Å². The highest BCUT2D eigenvalue weighted by Gasteiger charge is 1.98. The Morgan fingerprint density at radius 2 is 1.71 bits per heavy atom. The molecule has 1 unspecified atom stereocenters. The van der Waals surface area contributed by atoms with Gasteiger partial charge in [0.15, 0.2) is 0 Å². The third kappa shape index (κ3) is 6.31. The van der Waals surface area contributed by atoms with Crippen molar-refractivity contribution in [1.82, 2.24) is 0 Å². The molecule has 0 aliphatic heterocycles. The SMILES string of the molecule is CCCCCCCC=CC(C)c1ccccc1. The molecule has 94 valence electrons. The Morgan fingerprint density at radius 3 is 2.41 bits per heavy atom. The second-order valence-corrected chi connectivity index (χ2v) is 4.83. The lowest BCUT2D eigenvalue weighted by Crippen LogP contribution is -1.87. The van der Waals surface area contributed by atoms with Crippen LogP contribution < -0.4 is 0 Å². The minimum Gasteiger partial charge on any atom is -0.0879 e. The van der Waals surface area contributed by atoms with Gasteiger partial charge in [0.25, 0.3) is 0 Å². The first-order chi connectivity index (χ1) is 8.34. The van der Waals surface area contributed by atoms with E-state index in [1.54, 1.807) is 0 Å². The summed E-state index contributed by atoms with van der Waals surface area (Å²) in [6.07, 6.45) is 12.8.